The standard InChI is InChI=1S/C16H23N3O/c17-16(8-9-16)15(20)18-14-7-4-10-19(12-14)11-13-5-2-1-3-6-13/h1-3,5-6,14H,4,7-12,17H2,(H,18,20). The first-order valence-corrected chi connectivity index (χ1v) is 7.52. The minimum Gasteiger partial charge on any atom is -0.350 e. The van der Waals surface area contributed by atoms with Gasteiger partial charge in [-0.15, -0.1) is 0 Å². The fourth-order valence-corrected chi connectivity index (χ4v) is 2.85. The van der Waals surface area contributed by atoms with Gasteiger partial charge in [-0.05, 0) is 37.8 Å². The number of rotatable bonds is 4. The molecule has 1 aliphatic heterocycles. The molecule has 0 aromatic heterocycles. The molecule has 2 fully saturated rings. The van der Waals surface area contributed by atoms with Crippen molar-refractivity contribution in [1.82, 2.24) is 10.2 Å². The van der Waals surface area contributed by atoms with Crippen molar-refractivity contribution in [3.63, 3.8) is 0 Å². The minimum atomic E-state index is -0.554. The summed E-state index contributed by atoms with van der Waals surface area (Å²) in [6.07, 6.45) is 3.86. The summed E-state index contributed by atoms with van der Waals surface area (Å²) >= 11 is 0. The maximum absolute atomic E-state index is 12.0. The first kappa shape index (κ1) is 13.6. The van der Waals surface area contributed by atoms with Crippen molar-refractivity contribution in [3.8, 4) is 0 Å². The molecule has 3 N–H and O–H groups in total. The van der Waals surface area contributed by atoms with E-state index in [1.807, 2.05) is 6.07 Å². The lowest BCUT2D eigenvalue weighted by atomic mass is 10.0. The Labute approximate surface area is 120 Å². The van der Waals surface area contributed by atoms with E-state index in [-0.39, 0.29) is 11.9 Å². The summed E-state index contributed by atoms with van der Waals surface area (Å²) in [5, 5.41) is 3.13. The van der Waals surface area contributed by atoms with Crippen LogP contribution in [-0.2, 0) is 11.3 Å². The Balaban J connectivity index is 1.52. The highest BCUT2D eigenvalue weighted by molar-refractivity contribution is 5.89. The van der Waals surface area contributed by atoms with Gasteiger partial charge in [-0.2, -0.15) is 0 Å². The number of carbonyl (C=O) groups is 1. The fourth-order valence-electron chi connectivity index (χ4n) is 2.85. The second-order valence-electron chi connectivity index (χ2n) is 6.19. The van der Waals surface area contributed by atoms with Crippen LogP contribution < -0.4 is 11.1 Å². The molecule has 1 unspecified atom stereocenters. The number of amides is 1. The molecule has 1 aliphatic carbocycles. The van der Waals surface area contributed by atoms with Gasteiger partial charge in [0.2, 0.25) is 5.91 Å². The molecule has 0 spiro atoms. The van der Waals surface area contributed by atoms with Crippen LogP contribution in [0.5, 0.6) is 0 Å². The zero-order chi connectivity index (χ0) is 14.0. The van der Waals surface area contributed by atoms with Crippen LogP contribution in [-0.4, -0.2) is 35.5 Å². The molecule has 0 radical (unpaired) electrons. The third kappa shape index (κ3) is 3.19. The summed E-state index contributed by atoms with van der Waals surface area (Å²) in [5.41, 5.74) is 6.72. The summed E-state index contributed by atoms with van der Waals surface area (Å²) < 4.78 is 0. The second-order valence-corrected chi connectivity index (χ2v) is 6.19. The van der Waals surface area contributed by atoms with Crippen LogP contribution in [0.25, 0.3) is 0 Å². The van der Waals surface area contributed by atoms with Gasteiger partial charge in [0.05, 0.1) is 5.54 Å². The molecule has 1 atom stereocenters. The smallest absolute Gasteiger partial charge is 0.240 e. The van der Waals surface area contributed by atoms with Crippen LogP contribution in [0, 0.1) is 0 Å². The topological polar surface area (TPSA) is 58.4 Å². The van der Waals surface area contributed by atoms with E-state index in [0.717, 1.165) is 45.3 Å². The summed E-state index contributed by atoms with van der Waals surface area (Å²) in [5.74, 6) is 0.0454. The zero-order valence-electron chi connectivity index (χ0n) is 11.8. The summed E-state index contributed by atoms with van der Waals surface area (Å²) in [7, 11) is 0. The highest BCUT2D eigenvalue weighted by Gasteiger charge is 2.46. The van der Waals surface area contributed by atoms with Crippen molar-refractivity contribution < 1.29 is 4.79 Å². The molecule has 1 heterocycles. The normalized spacial score (nSPS) is 25.1. The molecule has 1 saturated carbocycles. The highest BCUT2D eigenvalue weighted by atomic mass is 16.2. The van der Waals surface area contributed by atoms with E-state index in [0.29, 0.717) is 0 Å². The molecule has 108 valence electrons. The lowest BCUT2D eigenvalue weighted by Gasteiger charge is -2.33. The van der Waals surface area contributed by atoms with Gasteiger partial charge in [0.25, 0.3) is 0 Å². The highest BCUT2D eigenvalue weighted by Crippen LogP contribution is 2.32. The molecule has 4 nitrogen and oxygen atoms in total. The number of nitrogens with two attached hydrogens (primary N) is 1. The molecular weight excluding hydrogens is 250 g/mol. The van der Waals surface area contributed by atoms with Gasteiger partial charge in [-0.25, -0.2) is 0 Å². The lowest BCUT2D eigenvalue weighted by Crippen LogP contribution is -2.52. The Morgan fingerprint density at radius 2 is 2.10 bits per heavy atom. The van der Waals surface area contributed by atoms with E-state index >= 15 is 0 Å². The van der Waals surface area contributed by atoms with Crippen molar-refractivity contribution in [2.24, 2.45) is 5.73 Å². The molecule has 1 saturated heterocycles. The summed E-state index contributed by atoms with van der Waals surface area (Å²) in [6.45, 7) is 2.99. The first-order valence-electron chi connectivity index (χ1n) is 7.52. The predicted octanol–water partition coefficient (Wildman–Crippen LogP) is 1.26. The Morgan fingerprint density at radius 1 is 1.35 bits per heavy atom. The molecule has 20 heavy (non-hydrogen) atoms. The van der Waals surface area contributed by atoms with Crippen molar-refractivity contribution in [3.05, 3.63) is 35.9 Å². The molecule has 1 amide bonds. The maximum Gasteiger partial charge on any atom is 0.240 e. The van der Waals surface area contributed by atoms with Crippen LogP contribution >= 0.6 is 0 Å². The van der Waals surface area contributed by atoms with Gasteiger partial charge in [0, 0.05) is 19.1 Å². The van der Waals surface area contributed by atoms with Crippen LogP contribution in [0.15, 0.2) is 30.3 Å². The van der Waals surface area contributed by atoms with Gasteiger partial charge in [-0.3, -0.25) is 9.69 Å². The number of nitrogens with one attached hydrogen (secondary N) is 1. The van der Waals surface area contributed by atoms with Gasteiger partial charge in [-0.1, -0.05) is 30.3 Å². The van der Waals surface area contributed by atoms with E-state index in [1.54, 1.807) is 0 Å². The maximum atomic E-state index is 12.0. The van der Waals surface area contributed by atoms with Gasteiger partial charge in [0.15, 0.2) is 0 Å². The van der Waals surface area contributed by atoms with Gasteiger partial charge in [0.1, 0.15) is 0 Å². The SMILES string of the molecule is NC1(C(=O)NC2CCCN(Cc3ccccc3)C2)CC1. The zero-order valence-corrected chi connectivity index (χ0v) is 11.8. The van der Waals surface area contributed by atoms with Crippen LogP contribution in [0.4, 0.5) is 0 Å². The third-order valence-electron chi connectivity index (χ3n) is 4.33. The number of hydrogen-bond donors (Lipinski definition) is 2. The molecular formula is C16H23N3O. The fraction of sp³-hybridized carbons (Fsp3) is 0.562. The van der Waals surface area contributed by atoms with E-state index in [4.69, 9.17) is 5.73 Å². The van der Waals surface area contributed by atoms with Crippen molar-refractivity contribution in [1.29, 1.82) is 0 Å². The number of benzene rings is 1. The quantitative estimate of drug-likeness (QED) is 0.868. The van der Waals surface area contributed by atoms with E-state index in [1.165, 1.54) is 5.56 Å². The Hall–Kier alpha value is -1.39. The Bertz CT molecular complexity index is 470. The average Bonchev–Trinajstić information content (AvgIpc) is 3.20. The molecule has 4 heteroatoms. The largest absolute Gasteiger partial charge is 0.350 e. The summed E-state index contributed by atoms with van der Waals surface area (Å²) in [4.78, 5) is 14.4. The second kappa shape index (κ2) is 5.54. The van der Waals surface area contributed by atoms with Crippen LogP contribution in [0.3, 0.4) is 0 Å². The molecule has 3 rings (SSSR count). The van der Waals surface area contributed by atoms with E-state index < -0.39 is 5.54 Å². The van der Waals surface area contributed by atoms with Crippen LogP contribution in [0.1, 0.15) is 31.2 Å². The number of hydrogen-bond acceptors (Lipinski definition) is 3. The van der Waals surface area contributed by atoms with Gasteiger partial charge >= 0.3 is 0 Å². The Morgan fingerprint density at radius 3 is 2.80 bits per heavy atom. The third-order valence-corrected chi connectivity index (χ3v) is 4.33. The Kier molecular flexibility index (Phi) is 3.76. The van der Waals surface area contributed by atoms with Gasteiger partial charge < -0.3 is 11.1 Å². The molecule has 0 bridgehead atoms. The first-order chi connectivity index (χ1) is 9.66. The monoisotopic (exact) mass is 273 g/mol. The summed E-state index contributed by atoms with van der Waals surface area (Å²) in [6, 6.07) is 10.7. The average molecular weight is 273 g/mol. The number of likely N-dealkylation sites (tertiary alicyclic amines) is 1. The number of piperidine rings is 1. The van der Waals surface area contributed by atoms with Crippen LogP contribution in [0.2, 0.25) is 0 Å². The van der Waals surface area contributed by atoms with Crippen molar-refractivity contribution in [2.75, 3.05) is 13.1 Å². The predicted molar refractivity (Wildman–Crippen MR) is 79.0 cm³/mol. The van der Waals surface area contributed by atoms with E-state index in [2.05, 4.69) is 34.5 Å². The minimum absolute atomic E-state index is 0.0454. The molecule has 1 aromatic rings. The molecule has 1 aromatic carbocycles. The number of carbonyl (C=O) groups excluding carboxylic acids is 1. The van der Waals surface area contributed by atoms with E-state index in [9.17, 15) is 4.79 Å². The van der Waals surface area contributed by atoms with Crippen molar-refractivity contribution in [2.45, 2.75) is 43.8 Å². The molecule has 2 aliphatic rings. The lowest BCUT2D eigenvalue weighted by molar-refractivity contribution is -0.124. The number of nitrogens with zero attached hydrogens (tertiary/aromatic N) is 1. The van der Waals surface area contributed by atoms with Crippen molar-refractivity contribution >= 4 is 5.91 Å².